The molecule has 2 aromatic rings. The first-order chi connectivity index (χ1) is 13.2. The molecular weight excluding hydrogens is 347 g/mol. The van der Waals surface area contributed by atoms with Gasteiger partial charge in [0, 0.05) is 12.2 Å². The van der Waals surface area contributed by atoms with Crippen molar-refractivity contribution in [3.05, 3.63) is 59.0 Å². The minimum absolute atomic E-state index is 0.174. The van der Waals surface area contributed by atoms with Crippen molar-refractivity contribution in [1.82, 2.24) is 15.4 Å². The summed E-state index contributed by atoms with van der Waals surface area (Å²) in [6.07, 6.45) is 2.46. The molecule has 0 spiro atoms. The number of pyridine rings is 1. The number of halogens is 1. The quantitative estimate of drug-likeness (QED) is 0.444. The second-order valence-electron chi connectivity index (χ2n) is 6.61. The molecule has 144 valence electrons. The fourth-order valence-corrected chi connectivity index (χ4v) is 3.09. The van der Waals surface area contributed by atoms with Crippen molar-refractivity contribution in [2.45, 2.75) is 26.4 Å². The van der Waals surface area contributed by atoms with Gasteiger partial charge in [-0.1, -0.05) is 12.1 Å². The molecule has 1 aliphatic rings. The lowest BCUT2D eigenvalue weighted by molar-refractivity contribution is 0.233. The van der Waals surface area contributed by atoms with E-state index in [9.17, 15) is 9.60 Å². The lowest BCUT2D eigenvalue weighted by Crippen LogP contribution is -2.26. The van der Waals surface area contributed by atoms with E-state index in [4.69, 9.17) is 4.74 Å². The van der Waals surface area contributed by atoms with Gasteiger partial charge in [-0.3, -0.25) is 15.7 Å². The van der Waals surface area contributed by atoms with Crippen molar-refractivity contribution in [3.8, 4) is 5.88 Å². The summed E-state index contributed by atoms with van der Waals surface area (Å²) in [5.74, 6) is 0.353. The Morgan fingerprint density at radius 1 is 1.30 bits per heavy atom. The van der Waals surface area contributed by atoms with Gasteiger partial charge in [0.1, 0.15) is 12.4 Å². The molecule has 0 radical (unpaired) electrons. The van der Waals surface area contributed by atoms with E-state index in [0.717, 1.165) is 25.3 Å². The van der Waals surface area contributed by atoms with Crippen LogP contribution < -0.4 is 10.2 Å². The van der Waals surface area contributed by atoms with E-state index in [1.165, 1.54) is 25.0 Å². The zero-order chi connectivity index (χ0) is 19.1. The lowest BCUT2D eigenvalue weighted by atomic mass is 10.2. The summed E-state index contributed by atoms with van der Waals surface area (Å²) < 4.78 is 19.2. The van der Waals surface area contributed by atoms with Crippen LogP contribution in [0.1, 0.15) is 29.7 Å². The molecule has 1 aromatic heterocycles. The van der Waals surface area contributed by atoms with Crippen LogP contribution in [0.15, 0.2) is 41.4 Å². The maximum atomic E-state index is 13.3. The Morgan fingerprint density at radius 3 is 2.85 bits per heavy atom. The number of nitrogens with one attached hydrogen (secondary N) is 1. The van der Waals surface area contributed by atoms with Gasteiger partial charge in [-0.15, -0.1) is 0 Å². The molecule has 1 fully saturated rings. The van der Waals surface area contributed by atoms with Crippen molar-refractivity contribution < 1.29 is 14.3 Å². The summed E-state index contributed by atoms with van der Waals surface area (Å²) in [5.41, 5.74) is 4.22. The van der Waals surface area contributed by atoms with Gasteiger partial charge in [-0.2, -0.15) is 0 Å². The van der Waals surface area contributed by atoms with E-state index < -0.39 is 0 Å². The van der Waals surface area contributed by atoms with E-state index in [0.29, 0.717) is 29.4 Å². The first kappa shape index (κ1) is 19.3. The van der Waals surface area contributed by atoms with Gasteiger partial charge in [0.25, 0.3) is 0 Å². The molecule has 0 amide bonds. The Kier molecular flexibility index (Phi) is 6.73. The normalized spacial score (nSPS) is 15.1. The summed E-state index contributed by atoms with van der Waals surface area (Å²) >= 11 is 0. The van der Waals surface area contributed by atoms with Crippen LogP contribution in [0.2, 0.25) is 0 Å². The Hall–Kier alpha value is -2.51. The molecule has 1 aliphatic heterocycles. The predicted molar refractivity (Wildman–Crippen MR) is 102 cm³/mol. The zero-order valence-electron chi connectivity index (χ0n) is 15.5. The summed E-state index contributed by atoms with van der Waals surface area (Å²) in [4.78, 5) is 11.2. The number of aliphatic imine (C=N–C) groups is 1. The second-order valence-corrected chi connectivity index (χ2v) is 6.61. The van der Waals surface area contributed by atoms with Gasteiger partial charge in [-0.25, -0.2) is 9.37 Å². The molecule has 3 rings (SSSR count). The smallest absolute Gasteiger partial charge is 0.225 e. The van der Waals surface area contributed by atoms with Gasteiger partial charge in [0.2, 0.25) is 5.88 Å². The highest BCUT2D eigenvalue weighted by molar-refractivity contribution is 6.00. The Bertz CT molecular complexity index is 791. The van der Waals surface area contributed by atoms with Crippen LogP contribution in [-0.4, -0.2) is 47.1 Å². The summed E-state index contributed by atoms with van der Waals surface area (Å²) in [5, 5.41) is 9.56. The lowest BCUT2D eigenvalue weighted by Gasteiger charge is -2.15. The van der Waals surface area contributed by atoms with Crippen molar-refractivity contribution in [2.75, 3.05) is 26.2 Å². The van der Waals surface area contributed by atoms with Gasteiger partial charge in [-0.05, 0) is 62.7 Å². The van der Waals surface area contributed by atoms with Crippen LogP contribution in [-0.2, 0) is 6.61 Å². The number of aryl methyl sites for hydroxylation is 1. The van der Waals surface area contributed by atoms with Gasteiger partial charge in [0.15, 0.2) is 5.84 Å². The van der Waals surface area contributed by atoms with Crippen LogP contribution in [0.5, 0.6) is 5.88 Å². The van der Waals surface area contributed by atoms with Crippen LogP contribution in [0, 0.1) is 12.7 Å². The fourth-order valence-electron chi connectivity index (χ4n) is 3.09. The van der Waals surface area contributed by atoms with E-state index in [2.05, 4.69) is 20.4 Å². The van der Waals surface area contributed by atoms with Crippen molar-refractivity contribution in [2.24, 2.45) is 4.99 Å². The highest BCUT2D eigenvalue weighted by atomic mass is 19.1. The maximum absolute atomic E-state index is 13.3. The van der Waals surface area contributed by atoms with E-state index in [1.54, 1.807) is 18.2 Å². The number of hydrogen-bond donors (Lipinski definition) is 2. The van der Waals surface area contributed by atoms with E-state index in [-0.39, 0.29) is 12.4 Å². The van der Waals surface area contributed by atoms with Crippen LogP contribution in [0.3, 0.4) is 0 Å². The maximum Gasteiger partial charge on any atom is 0.225 e. The Balaban J connectivity index is 1.72. The van der Waals surface area contributed by atoms with Crippen LogP contribution in [0.25, 0.3) is 0 Å². The number of nitrogens with zero attached hydrogens (tertiary/aromatic N) is 3. The molecule has 2 N–H and O–H groups in total. The molecule has 7 heteroatoms. The molecule has 27 heavy (non-hydrogen) atoms. The number of hydroxylamine groups is 1. The standard InChI is InChI=1S/C20H25FN4O2/c1-15-7-8-18(19(24-26)22-9-12-25-10-2-3-11-25)20(23-15)27-14-16-5-4-6-17(21)13-16/h4-8,13,26H,2-3,9-12,14H2,1H3,(H,22,24). The first-order valence-electron chi connectivity index (χ1n) is 9.18. The Labute approximate surface area is 158 Å². The highest BCUT2D eigenvalue weighted by Crippen LogP contribution is 2.19. The van der Waals surface area contributed by atoms with Crippen LogP contribution >= 0.6 is 0 Å². The third kappa shape index (κ3) is 5.48. The largest absolute Gasteiger partial charge is 0.472 e. The first-order valence-corrected chi connectivity index (χ1v) is 9.18. The topological polar surface area (TPSA) is 70.0 Å². The second kappa shape index (κ2) is 9.43. The third-order valence-corrected chi connectivity index (χ3v) is 4.51. The molecule has 1 saturated heterocycles. The number of hydrogen-bond acceptors (Lipinski definition) is 5. The average Bonchev–Trinajstić information content (AvgIpc) is 3.18. The molecule has 2 heterocycles. The summed E-state index contributed by atoms with van der Waals surface area (Å²) in [6.45, 7) is 5.66. The predicted octanol–water partition coefficient (Wildman–Crippen LogP) is 2.93. The SMILES string of the molecule is Cc1ccc(C(=NCCN2CCCC2)NO)c(OCc2cccc(F)c2)n1. The zero-order valence-corrected chi connectivity index (χ0v) is 15.5. The van der Waals surface area contributed by atoms with Crippen molar-refractivity contribution in [1.29, 1.82) is 0 Å². The third-order valence-electron chi connectivity index (χ3n) is 4.51. The molecule has 0 aliphatic carbocycles. The molecule has 0 unspecified atom stereocenters. The van der Waals surface area contributed by atoms with Crippen LogP contribution in [0.4, 0.5) is 4.39 Å². The minimum atomic E-state index is -0.310. The molecule has 0 atom stereocenters. The number of benzene rings is 1. The highest BCUT2D eigenvalue weighted by Gasteiger charge is 2.14. The molecule has 0 bridgehead atoms. The Morgan fingerprint density at radius 2 is 2.11 bits per heavy atom. The molecular formula is C20H25FN4O2. The monoisotopic (exact) mass is 372 g/mol. The molecule has 0 saturated carbocycles. The number of rotatable bonds is 7. The number of amidine groups is 1. The molecule has 1 aromatic carbocycles. The molecule has 6 nitrogen and oxygen atoms in total. The summed E-state index contributed by atoms with van der Waals surface area (Å²) in [7, 11) is 0. The number of likely N-dealkylation sites (tertiary alicyclic amines) is 1. The fraction of sp³-hybridized carbons (Fsp3) is 0.400. The van der Waals surface area contributed by atoms with E-state index >= 15 is 0 Å². The van der Waals surface area contributed by atoms with Gasteiger partial charge < -0.3 is 9.64 Å². The number of aromatic nitrogens is 1. The van der Waals surface area contributed by atoms with Crippen molar-refractivity contribution >= 4 is 5.84 Å². The number of ether oxygens (including phenoxy) is 1. The average molecular weight is 372 g/mol. The minimum Gasteiger partial charge on any atom is -0.472 e. The van der Waals surface area contributed by atoms with Crippen molar-refractivity contribution in [3.63, 3.8) is 0 Å². The van der Waals surface area contributed by atoms with Gasteiger partial charge in [0.05, 0.1) is 12.1 Å². The summed E-state index contributed by atoms with van der Waals surface area (Å²) in [6, 6.07) is 9.87. The van der Waals surface area contributed by atoms with E-state index in [1.807, 2.05) is 13.0 Å². The van der Waals surface area contributed by atoms with Gasteiger partial charge >= 0.3 is 0 Å².